The summed E-state index contributed by atoms with van der Waals surface area (Å²) in [5.41, 5.74) is 0. The van der Waals surface area contributed by atoms with Crippen LogP contribution in [0.25, 0.3) is 0 Å². The van der Waals surface area contributed by atoms with E-state index in [1.807, 2.05) is 12.3 Å². The summed E-state index contributed by atoms with van der Waals surface area (Å²) < 4.78 is 0. The summed E-state index contributed by atoms with van der Waals surface area (Å²) in [5.74, 6) is 0. The molecule has 0 unspecified atom stereocenters. The van der Waals surface area contributed by atoms with E-state index in [2.05, 4.69) is 19.7 Å². The second kappa shape index (κ2) is 6.38. The molecule has 11 heavy (non-hydrogen) atoms. The molecule has 0 atom stereocenters. The fraction of sp³-hybridized carbons (Fsp3) is 0.111. The second-order valence-electron chi connectivity index (χ2n) is 1.68. The Bertz CT molecular complexity index is 190. The van der Waals surface area contributed by atoms with Crippen molar-refractivity contribution in [3.8, 4) is 0 Å². The van der Waals surface area contributed by atoms with Gasteiger partial charge in [0.1, 0.15) is 0 Å². The fourth-order valence-corrected chi connectivity index (χ4v) is 1.78. The van der Waals surface area contributed by atoms with Crippen LogP contribution in [0.3, 0.4) is 0 Å². The van der Waals surface area contributed by atoms with E-state index in [1.165, 1.54) is 11.8 Å². The maximum absolute atomic E-state index is 3.89. The molecule has 0 rings (SSSR count). The monoisotopic (exact) mass is 184 g/mol. The number of allylic oxidation sites excluding steroid dienone is 2. The molecule has 0 spiro atoms. The molecule has 2 heteroatoms. The van der Waals surface area contributed by atoms with Crippen LogP contribution in [-0.4, -0.2) is 6.26 Å². The van der Waals surface area contributed by atoms with Gasteiger partial charge in [0, 0.05) is 9.81 Å². The Kier molecular flexibility index (Phi) is 6.18. The molecule has 0 bridgehead atoms. The lowest BCUT2D eigenvalue weighted by Gasteiger charge is -2.02. The zero-order chi connectivity index (χ0) is 8.69. The summed E-state index contributed by atoms with van der Waals surface area (Å²) in [6.07, 6.45) is 5.73. The highest BCUT2D eigenvalue weighted by atomic mass is 32.2. The molecule has 0 aromatic heterocycles. The van der Waals surface area contributed by atoms with Crippen molar-refractivity contribution in [2.24, 2.45) is 0 Å². The van der Waals surface area contributed by atoms with Crippen molar-refractivity contribution in [3.63, 3.8) is 0 Å². The van der Waals surface area contributed by atoms with Gasteiger partial charge in [-0.15, -0.1) is 11.8 Å². The number of thioether (sulfide) groups is 2. The maximum atomic E-state index is 3.89. The molecule has 0 saturated carbocycles. The van der Waals surface area contributed by atoms with Gasteiger partial charge in [0.2, 0.25) is 0 Å². The Hall–Kier alpha value is -0.340. The van der Waals surface area contributed by atoms with Gasteiger partial charge in [-0.25, -0.2) is 0 Å². The van der Waals surface area contributed by atoms with E-state index in [9.17, 15) is 0 Å². The molecule has 0 N–H and O–H groups in total. The summed E-state index contributed by atoms with van der Waals surface area (Å²) >= 11 is 3.20. The third kappa shape index (κ3) is 4.17. The van der Waals surface area contributed by atoms with Gasteiger partial charge in [-0.3, -0.25) is 0 Å². The molecule has 60 valence electrons. The first-order chi connectivity index (χ1) is 5.26. The molecular formula is C9H12S2. The van der Waals surface area contributed by atoms with Gasteiger partial charge >= 0.3 is 0 Å². The Labute approximate surface area is 77.1 Å². The minimum absolute atomic E-state index is 1.02. The highest BCUT2D eigenvalue weighted by Crippen LogP contribution is 2.29. The highest BCUT2D eigenvalue weighted by molar-refractivity contribution is 8.09. The van der Waals surface area contributed by atoms with Crippen LogP contribution < -0.4 is 0 Å². The Morgan fingerprint density at radius 2 is 2.00 bits per heavy atom. The lowest BCUT2D eigenvalue weighted by molar-refractivity contribution is 1.87. The summed E-state index contributed by atoms with van der Waals surface area (Å²) in [6, 6.07) is 0. The molecule has 0 aliphatic heterocycles. The van der Waals surface area contributed by atoms with E-state index < -0.39 is 0 Å². The predicted octanol–water partition coefficient (Wildman–Crippen LogP) is 3.81. The van der Waals surface area contributed by atoms with Gasteiger partial charge in [-0.2, -0.15) is 0 Å². The lowest BCUT2D eigenvalue weighted by Crippen LogP contribution is -1.74. The molecule has 0 aliphatic carbocycles. The largest absolute Gasteiger partial charge is 0.128 e. The van der Waals surface area contributed by atoms with E-state index in [1.54, 1.807) is 23.2 Å². The van der Waals surface area contributed by atoms with Crippen LogP contribution in [0.2, 0.25) is 0 Å². The normalized spacial score (nSPS) is 10.8. The van der Waals surface area contributed by atoms with Crippen LogP contribution in [0.1, 0.15) is 0 Å². The van der Waals surface area contributed by atoms with E-state index >= 15 is 0 Å². The van der Waals surface area contributed by atoms with Gasteiger partial charge in [0.15, 0.2) is 0 Å². The summed E-state index contributed by atoms with van der Waals surface area (Å²) in [5, 5.41) is 1.77. The van der Waals surface area contributed by atoms with Crippen molar-refractivity contribution in [1.82, 2.24) is 0 Å². The van der Waals surface area contributed by atoms with Crippen LogP contribution in [0, 0.1) is 0 Å². The highest BCUT2D eigenvalue weighted by Gasteiger charge is 1.97. The first-order valence-corrected chi connectivity index (χ1v) is 5.20. The molecule has 0 aromatic rings. The van der Waals surface area contributed by atoms with Crippen molar-refractivity contribution >= 4 is 23.5 Å². The molecule has 0 aromatic carbocycles. The molecule has 0 radical (unpaired) electrons. The third-order valence-corrected chi connectivity index (χ3v) is 2.61. The van der Waals surface area contributed by atoms with Crippen LogP contribution in [-0.2, 0) is 0 Å². The molecular weight excluding hydrogens is 172 g/mol. The summed E-state index contributed by atoms with van der Waals surface area (Å²) in [4.78, 5) is 2.16. The van der Waals surface area contributed by atoms with Crippen LogP contribution in [0.5, 0.6) is 0 Å². The first-order valence-electron chi connectivity index (χ1n) is 3.09. The minimum Gasteiger partial charge on any atom is -0.128 e. The lowest BCUT2D eigenvalue weighted by atomic mass is 10.5. The summed E-state index contributed by atoms with van der Waals surface area (Å²) in [6.45, 7) is 11.1. The quantitative estimate of drug-likeness (QED) is 0.596. The fourth-order valence-electron chi connectivity index (χ4n) is 0.541. The van der Waals surface area contributed by atoms with Crippen molar-refractivity contribution in [2.45, 2.75) is 0 Å². The van der Waals surface area contributed by atoms with Gasteiger partial charge in [-0.05, 0) is 17.7 Å². The molecule has 0 fully saturated rings. The van der Waals surface area contributed by atoms with Crippen molar-refractivity contribution in [3.05, 3.63) is 47.1 Å². The van der Waals surface area contributed by atoms with Crippen molar-refractivity contribution < 1.29 is 0 Å². The van der Waals surface area contributed by atoms with Gasteiger partial charge in [0.25, 0.3) is 0 Å². The number of hydrogen-bond acceptors (Lipinski definition) is 2. The van der Waals surface area contributed by atoms with Gasteiger partial charge in [0.05, 0.1) is 0 Å². The first kappa shape index (κ1) is 10.7. The topological polar surface area (TPSA) is 0 Å². The maximum Gasteiger partial charge on any atom is 0.0202 e. The van der Waals surface area contributed by atoms with Crippen LogP contribution >= 0.6 is 23.5 Å². The standard InChI is InChI=1S/C9H12S2/c1-5-7-9(10-4)8(3)11-6-2/h5-7H,1-3H2,4H3/b9-7-. The molecule has 0 saturated heterocycles. The average Bonchev–Trinajstić information content (AvgIpc) is 2.00. The molecule has 0 aliphatic rings. The van der Waals surface area contributed by atoms with E-state index in [4.69, 9.17) is 0 Å². The van der Waals surface area contributed by atoms with E-state index in [0.717, 1.165) is 9.81 Å². The molecule has 0 heterocycles. The molecule has 0 amide bonds. The SMILES string of the molecule is C=C/C=C(\SC)C(=C)SC=C. The van der Waals surface area contributed by atoms with Crippen molar-refractivity contribution in [1.29, 1.82) is 0 Å². The van der Waals surface area contributed by atoms with E-state index in [-0.39, 0.29) is 0 Å². The van der Waals surface area contributed by atoms with Gasteiger partial charge in [-0.1, -0.05) is 37.6 Å². The number of hydrogen-bond donors (Lipinski definition) is 0. The van der Waals surface area contributed by atoms with Crippen LogP contribution in [0.15, 0.2) is 47.1 Å². The average molecular weight is 184 g/mol. The second-order valence-corrected chi connectivity index (χ2v) is 3.59. The summed E-state index contributed by atoms with van der Waals surface area (Å²) in [7, 11) is 0. The zero-order valence-corrected chi connectivity index (χ0v) is 8.30. The van der Waals surface area contributed by atoms with Gasteiger partial charge < -0.3 is 0 Å². The van der Waals surface area contributed by atoms with Crippen molar-refractivity contribution in [2.75, 3.05) is 6.26 Å². The van der Waals surface area contributed by atoms with E-state index in [0.29, 0.717) is 0 Å². The third-order valence-electron chi connectivity index (χ3n) is 0.990. The predicted molar refractivity (Wildman–Crippen MR) is 58.7 cm³/mol. The Morgan fingerprint density at radius 1 is 1.36 bits per heavy atom. The zero-order valence-electron chi connectivity index (χ0n) is 6.67. The number of rotatable bonds is 5. The minimum atomic E-state index is 1.02. The smallest absolute Gasteiger partial charge is 0.0202 e. The Morgan fingerprint density at radius 3 is 2.36 bits per heavy atom. The Balaban J connectivity index is 4.24. The van der Waals surface area contributed by atoms with Crippen LogP contribution in [0.4, 0.5) is 0 Å². The molecule has 0 nitrogen and oxygen atoms in total.